The van der Waals surface area contributed by atoms with Crippen molar-refractivity contribution in [3.8, 4) is 0 Å². The Bertz CT molecular complexity index is 452. The Morgan fingerprint density at radius 1 is 1.10 bits per heavy atom. The molecule has 3 heteroatoms. The molecule has 2 heterocycles. The molecule has 0 amide bonds. The molecule has 0 bridgehead atoms. The summed E-state index contributed by atoms with van der Waals surface area (Å²) in [6.07, 6.45) is 6.60. The van der Waals surface area contributed by atoms with Crippen molar-refractivity contribution in [2.45, 2.75) is 38.6 Å². The topological polar surface area (TPSA) is 18.5 Å². The lowest BCUT2D eigenvalue weighted by Crippen LogP contribution is -2.25. The number of hydrogen-bond donors (Lipinski definition) is 1. The van der Waals surface area contributed by atoms with E-state index in [-0.39, 0.29) is 0 Å². The number of aryl methyl sites for hydroxylation is 1. The van der Waals surface area contributed by atoms with Crippen LogP contribution in [-0.2, 0) is 13.0 Å². The first kappa shape index (κ1) is 14.9. The van der Waals surface area contributed by atoms with Gasteiger partial charge < -0.3 is 15.1 Å². The molecule has 1 aromatic rings. The van der Waals surface area contributed by atoms with Crippen molar-refractivity contribution in [1.82, 2.24) is 10.2 Å². The Balaban J connectivity index is 1.41. The molecule has 1 N–H and O–H groups in total. The van der Waals surface area contributed by atoms with Crippen molar-refractivity contribution in [3.63, 3.8) is 0 Å². The minimum Gasteiger partial charge on any atom is -0.374 e. The quantitative estimate of drug-likeness (QED) is 0.812. The van der Waals surface area contributed by atoms with Crippen molar-refractivity contribution in [3.05, 3.63) is 29.3 Å². The SMILES string of the molecule is CN1CCCc2cc(CNCCCN3CCCC3)ccc21. The van der Waals surface area contributed by atoms with Crippen LogP contribution in [0.4, 0.5) is 5.69 Å². The highest BCUT2D eigenvalue weighted by Gasteiger charge is 2.13. The molecule has 0 saturated carbocycles. The zero-order valence-electron chi connectivity index (χ0n) is 13.4. The van der Waals surface area contributed by atoms with Gasteiger partial charge in [-0.3, -0.25) is 0 Å². The van der Waals surface area contributed by atoms with Crippen LogP contribution in [0.3, 0.4) is 0 Å². The van der Waals surface area contributed by atoms with Gasteiger partial charge in [0.25, 0.3) is 0 Å². The lowest BCUT2D eigenvalue weighted by atomic mass is 9.99. The van der Waals surface area contributed by atoms with Gasteiger partial charge in [-0.25, -0.2) is 0 Å². The maximum absolute atomic E-state index is 3.60. The van der Waals surface area contributed by atoms with Gasteiger partial charge in [0.1, 0.15) is 0 Å². The van der Waals surface area contributed by atoms with E-state index in [9.17, 15) is 0 Å². The van der Waals surface area contributed by atoms with Crippen molar-refractivity contribution in [2.24, 2.45) is 0 Å². The van der Waals surface area contributed by atoms with E-state index in [1.54, 1.807) is 0 Å². The Labute approximate surface area is 129 Å². The summed E-state index contributed by atoms with van der Waals surface area (Å²) in [5.74, 6) is 0. The van der Waals surface area contributed by atoms with E-state index < -0.39 is 0 Å². The van der Waals surface area contributed by atoms with Crippen molar-refractivity contribution in [2.75, 3.05) is 44.7 Å². The second-order valence-corrected chi connectivity index (χ2v) is 6.57. The molecule has 0 radical (unpaired) electrons. The summed E-state index contributed by atoms with van der Waals surface area (Å²) in [4.78, 5) is 4.97. The van der Waals surface area contributed by atoms with Crippen molar-refractivity contribution in [1.29, 1.82) is 0 Å². The van der Waals surface area contributed by atoms with Crippen LogP contribution >= 0.6 is 0 Å². The van der Waals surface area contributed by atoms with Gasteiger partial charge in [0.05, 0.1) is 0 Å². The molecular formula is C18H29N3. The van der Waals surface area contributed by atoms with Gasteiger partial charge in [-0.05, 0) is 75.5 Å². The van der Waals surface area contributed by atoms with Crippen LogP contribution in [0.1, 0.15) is 36.8 Å². The van der Waals surface area contributed by atoms with Gasteiger partial charge in [0, 0.05) is 25.8 Å². The molecule has 1 fully saturated rings. The van der Waals surface area contributed by atoms with Gasteiger partial charge in [0.2, 0.25) is 0 Å². The van der Waals surface area contributed by atoms with Crippen LogP contribution in [0.5, 0.6) is 0 Å². The van der Waals surface area contributed by atoms with E-state index in [4.69, 9.17) is 0 Å². The third-order valence-corrected chi connectivity index (χ3v) is 4.85. The lowest BCUT2D eigenvalue weighted by molar-refractivity contribution is 0.331. The summed E-state index contributed by atoms with van der Waals surface area (Å²) in [5.41, 5.74) is 4.39. The second-order valence-electron chi connectivity index (χ2n) is 6.57. The predicted molar refractivity (Wildman–Crippen MR) is 90.0 cm³/mol. The van der Waals surface area contributed by atoms with E-state index in [1.807, 2.05) is 0 Å². The second kappa shape index (κ2) is 7.28. The monoisotopic (exact) mass is 287 g/mol. The minimum atomic E-state index is 1.01. The van der Waals surface area contributed by atoms with E-state index in [0.29, 0.717) is 0 Å². The molecule has 0 atom stereocenters. The number of likely N-dealkylation sites (tertiary alicyclic amines) is 1. The first-order valence-electron chi connectivity index (χ1n) is 8.59. The number of nitrogens with one attached hydrogen (secondary N) is 1. The summed E-state index contributed by atoms with van der Waals surface area (Å²) in [7, 11) is 2.20. The Morgan fingerprint density at radius 3 is 2.81 bits per heavy atom. The molecule has 0 spiro atoms. The number of anilines is 1. The van der Waals surface area contributed by atoms with Crippen LogP contribution < -0.4 is 10.2 Å². The highest BCUT2D eigenvalue weighted by atomic mass is 15.1. The first-order chi connectivity index (χ1) is 10.3. The fraction of sp³-hybridized carbons (Fsp3) is 0.667. The summed E-state index contributed by atoms with van der Waals surface area (Å²) in [6, 6.07) is 6.99. The number of benzene rings is 1. The highest BCUT2D eigenvalue weighted by Crippen LogP contribution is 2.26. The van der Waals surface area contributed by atoms with Crippen LogP contribution in [0.15, 0.2) is 18.2 Å². The van der Waals surface area contributed by atoms with Crippen LogP contribution in [-0.4, -0.2) is 44.7 Å². The number of nitrogens with zero attached hydrogens (tertiary/aromatic N) is 2. The molecule has 2 aliphatic heterocycles. The highest BCUT2D eigenvalue weighted by molar-refractivity contribution is 5.56. The maximum atomic E-state index is 3.60. The lowest BCUT2D eigenvalue weighted by Gasteiger charge is -2.27. The normalized spacial score (nSPS) is 19.0. The smallest absolute Gasteiger partial charge is 0.0396 e. The predicted octanol–water partition coefficient (Wildman–Crippen LogP) is 2.64. The molecule has 0 aliphatic carbocycles. The fourth-order valence-electron chi connectivity index (χ4n) is 3.62. The largest absolute Gasteiger partial charge is 0.374 e. The molecular weight excluding hydrogens is 258 g/mol. The summed E-state index contributed by atoms with van der Waals surface area (Å²) >= 11 is 0. The van der Waals surface area contributed by atoms with Crippen molar-refractivity contribution < 1.29 is 0 Å². The summed E-state index contributed by atoms with van der Waals surface area (Å²) < 4.78 is 0. The van der Waals surface area contributed by atoms with E-state index in [0.717, 1.165) is 13.1 Å². The fourth-order valence-corrected chi connectivity index (χ4v) is 3.62. The Morgan fingerprint density at radius 2 is 1.95 bits per heavy atom. The zero-order valence-corrected chi connectivity index (χ0v) is 13.4. The minimum absolute atomic E-state index is 1.01. The summed E-state index contributed by atoms with van der Waals surface area (Å²) in [5, 5.41) is 3.60. The number of fused-ring (bicyclic) bond motifs is 1. The molecule has 1 aromatic carbocycles. The average Bonchev–Trinajstić information content (AvgIpc) is 3.00. The van der Waals surface area contributed by atoms with Gasteiger partial charge in [-0.2, -0.15) is 0 Å². The van der Waals surface area contributed by atoms with Gasteiger partial charge in [-0.1, -0.05) is 12.1 Å². The summed E-state index contributed by atoms with van der Waals surface area (Å²) in [6.45, 7) is 7.24. The molecule has 0 unspecified atom stereocenters. The number of rotatable bonds is 6. The van der Waals surface area contributed by atoms with Crippen LogP contribution in [0.2, 0.25) is 0 Å². The van der Waals surface area contributed by atoms with Crippen molar-refractivity contribution >= 4 is 5.69 Å². The van der Waals surface area contributed by atoms with Gasteiger partial charge in [0.15, 0.2) is 0 Å². The Hall–Kier alpha value is -1.06. The molecule has 3 nitrogen and oxygen atoms in total. The van der Waals surface area contributed by atoms with Crippen LogP contribution in [0, 0.1) is 0 Å². The third kappa shape index (κ3) is 3.98. The van der Waals surface area contributed by atoms with E-state index >= 15 is 0 Å². The van der Waals surface area contributed by atoms with Crippen LogP contribution in [0.25, 0.3) is 0 Å². The number of hydrogen-bond acceptors (Lipinski definition) is 3. The maximum Gasteiger partial charge on any atom is 0.0396 e. The van der Waals surface area contributed by atoms with Gasteiger partial charge >= 0.3 is 0 Å². The van der Waals surface area contributed by atoms with Gasteiger partial charge in [-0.15, -0.1) is 0 Å². The Kier molecular flexibility index (Phi) is 5.15. The third-order valence-electron chi connectivity index (χ3n) is 4.85. The molecule has 3 rings (SSSR count). The van der Waals surface area contributed by atoms with E-state index in [1.165, 1.54) is 75.1 Å². The first-order valence-corrected chi connectivity index (χ1v) is 8.59. The standard InChI is InChI=1S/C18H29N3/c1-20-10-4-6-17-14-16(7-8-18(17)20)15-19-9-5-13-21-11-2-3-12-21/h7-8,14,19H,2-6,9-13,15H2,1H3. The molecule has 21 heavy (non-hydrogen) atoms. The molecule has 2 aliphatic rings. The zero-order chi connectivity index (χ0) is 14.5. The van der Waals surface area contributed by atoms with E-state index in [2.05, 4.69) is 40.4 Å². The molecule has 1 saturated heterocycles. The molecule has 0 aromatic heterocycles. The average molecular weight is 287 g/mol. The molecule has 116 valence electrons.